The number of carbonyl (C=O) groups excluding carboxylic acids is 1. The molecule has 0 amide bonds. The zero-order chi connectivity index (χ0) is 19.9. The number of aromatic nitrogens is 3. The molecule has 0 bridgehead atoms. The zero-order valence-electron chi connectivity index (χ0n) is 16.7. The lowest BCUT2D eigenvalue weighted by atomic mass is 9.86. The highest BCUT2D eigenvalue weighted by Crippen LogP contribution is 2.27. The number of hydrogen-bond donors (Lipinski definition) is 0. The molecule has 2 heterocycles. The maximum Gasteiger partial charge on any atom is 0.266 e. The molecule has 0 saturated carbocycles. The van der Waals surface area contributed by atoms with E-state index >= 15 is 0 Å². The molecule has 0 N–H and O–H groups in total. The Bertz CT molecular complexity index is 1080. The average molecular weight is 363 g/mol. The topological polar surface area (TPSA) is 56.9 Å². The van der Waals surface area contributed by atoms with Crippen LogP contribution in [-0.2, 0) is 7.05 Å². The van der Waals surface area contributed by atoms with Crippen molar-refractivity contribution >= 4 is 5.78 Å². The lowest BCUT2D eigenvalue weighted by Crippen LogP contribution is -2.32. The van der Waals surface area contributed by atoms with Crippen LogP contribution in [0.15, 0.2) is 47.4 Å². The maximum atomic E-state index is 13.3. The van der Waals surface area contributed by atoms with Crippen molar-refractivity contribution in [1.29, 1.82) is 0 Å². The standard InChI is InChI=1S/C22H25N3O2/c1-14-8-7-9-16(12-14)25-15(2)17(19-10-11-23-24(19)6)13-18(21(25)27)20(26)22(3,4)5/h7-13H,1-6H3. The fourth-order valence-corrected chi connectivity index (χ4v) is 3.25. The minimum atomic E-state index is -0.650. The Morgan fingerprint density at radius 1 is 1.07 bits per heavy atom. The maximum absolute atomic E-state index is 13.3. The van der Waals surface area contributed by atoms with E-state index < -0.39 is 5.41 Å². The molecule has 140 valence electrons. The van der Waals surface area contributed by atoms with Crippen molar-refractivity contribution < 1.29 is 4.79 Å². The first-order chi connectivity index (χ1) is 12.6. The van der Waals surface area contributed by atoms with E-state index in [1.807, 2.05) is 72.0 Å². The highest BCUT2D eigenvalue weighted by Gasteiger charge is 2.28. The average Bonchev–Trinajstić information content (AvgIpc) is 3.00. The van der Waals surface area contributed by atoms with Crippen LogP contribution in [0.4, 0.5) is 0 Å². The van der Waals surface area contributed by atoms with Gasteiger partial charge < -0.3 is 0 Å². The second-order valence-electron chi connectivity index (χ2n) is 7.96. The van der Waals surface area contributed by atoms with Crippen LogP contribution in [0.5, 0.6) is 0 Å². The normalized spacial score (nSPS) is 11.6. The molecule has 2 aromatic heterocycles. The van der Waals surface area contributed by atoms with E-state index in [0.717, 1.165) is 28.2 Å². The number of carbonyl (C=O) groups is 1. The van der Waals surface area contributed by atoms with E-state index in [2.05, 4.69) is 5.10 Å². The van der Waals surface area contributed by atoms with E-state index in [1.165, 1.54) is 0 Å². The van der Waals surface area contributed by atoms with Gasteiger partial charge in [0.2, 0.25) is 0 Å². The first kappa shape index (κ1) is 18.8. The van der Waals surface area contributed by atoms with Crippen LogP contribution in [-0.4, -0.2) is 20.1 Å². The van der Waals surface area contributed by atoms with Gasteiger partial charge in [0.05, 0.1) is 11.3 Å². The van der Waals surface area contributed by atoms with Crippen molar-refractivity contribution in [2.75, 3.05) is 0 Å². The first-order valence-corrected chi connectivity index (χ1v) is 8.98. The molecule has 0 saturated heterocycles. The summed E-state index contributed by atoms with van der Waals surface area (Å²) in [4.78, 5) is 26.3. The summed E-state index contributed by atoms with van der Waals surface area (Å²) in [5, 5.41) is 4.24. The molecule has 3 rings (SSSR count). The molecule has 0 radical (unpaired) electrons. The number of Topliss-reactive ketones (excluding diaryl/α,β-unsaturated/α-hetero) is 1. The van der Waals surface area contributed by atoms with Gasteiger partial charge in [-0.05, 0) is 43.7 Å². The van der Waals surface area contributed by atoms with Gasteiger partial charge in [-0.3, -0.25) is 18.8 Å². The number of benzene rings is 1. The van der Waals surface area contributed by atoms with Gasteiger partial charge in [0, 0.05) is 35.6 Å². The summed E-state index contributed by atoms with van der Waals surface area (Å²) in [5.74, 6) is -0.169. The molecule has 0 aliphatic rings. The Balaban J connectivity index is 2.41. The Labute approximate surface area is 159 Å². The van der Waals surface area contributed by atoms with Crippen molar-refractivity contribution in [1.82, 2.24) is 14.3 Å². The summed E-state index contributed by atoms with van der Waals surface area (Å²) in [7, 11) is 1.85. The van der Waals surface area contributed by atoms with E-state index in [4.69, 9.17) is 0 Å². The number of nitrogens with zero attached hydrogens (tertiary/aromatic N) is 3. The minimum absolute atomic E-state index is 0.169. The Morgan fingerprint density at radius 2 is 1.78 bits per heavy atom. The van der Waals surface area contributed by atoms with E-state index in [9.17, 15) is 9.59 Å². The van der Waals surface area contributed by atoms with Crippen molar-refractivity contribution in [3.63, 3.8) is 0 Å². The number of ketones is 1. The number of hydrogen-bond acceptors (Lipinski definition) is 3. The lowest BCUT2D eigenvalue weighted by Gasteiger charge is -2.21. The Hall–Kier alpha value is -2.95. The largest absolute Gasteiger partial charge is 0.293 e. The number of pyridine rings is 1. The SMILES string of the molecule is Cc1cccc(-n2c(C)c(-c3ccnn3C)cc(C(=O)C(C)(C)C)c2=O)c1. The Morgan fingerprint density at radius 3 is 2.33 bits per heavy atom. The molecule has 3 aromatic rings. The van der Waals surface area contributed by atoms with Crippen molar-refractivity contribution in [3.05, 3.63) is 69.8 Å². The minimum Gasteiger partial charge on any atom is -0.293 e. The number of rotatable bonds is 3. The van der Waals surface area contributed by atoms with Gasteiger partial charge in [-0.15, -0.1) is 0 Å². The molecule has 0 aliphatic carbocycles. The van der Waals surface area contributed by atoms with Gasteiger partial charge in [0.25, 0.3) is 5.56 Å². The molecule has 0 atom stereocenters. The van der Waals surface area contributed by atoms with Gasteiger partial charge >= 0.3 is 0 Å². The van der Waals surface area contributed by atoms with Crippen molar-refractivity contribution in [2.24, 2.45) is 12.5 Å². The third-order valence-corrected chi connectivity index (χ3v) is 4.73. The molecule has 0 aliphatic heterocycles. The molecule has 0 unspecified atom stereocenters. The fourth-order valence-electron chi connectivity index (χ4n) is 3.25. The predicted octanol–water partition coefficient (Wildman–Crippen LogP) is 4.08. The molecule has 5 heteroatoms. The molecule has 1 aromatic carbocycles. The molecule has 5 nitrogen and oxygen atoms in total. The summed E-state index contributed by atoms with van der Waals surface area (Å²) in [5.41, 5.74) is 3.52. The zero-order valence-corrected chi connectivity index (χ0v) is 16.7. The quantitative estimate of drug-likeness (QED) is 0.659. The monoisotopic (exact) mass is 363 g/mol. The van der Waals surface area contributed by atoms with Crippen molar-refractivity contribution in [2.45, 2.75) is 34.6 Å². The van der Waals surface area contributed by atoms with Crippen LogP contribution < -0.4 is 5.56 Å². The molecule has 0 fully saturated rings. The van der Waals surface area contributed by atoms with Crippen LogP contribution in [0.1, 0.15) is 42.4 Å². The molecular formula is C22H25N3O2. The Kier molecular flexibility index (Phi) is 4.64. The number of aryl methyl sites for hydroxylation is 2. The second kappa shape index (κ2) is 6.65. The highest BCUT2D eigenvalue weighted by atomic mass is 16.1. The van der Waals surface area contributed by atoms with Crippen molar-refractivity contribution in [3.8, 4) is 16.9 Å². The summed E-state index contributed by atoms with van der Waals surface area (Å²) in [6.07, 6.45) is 1.71. The van der Waals surface area contributed by atoms with Crippen LogP contribution in [0.3, 0.4) is 0 Å². The van der Waals surface area contributed by atoms with E-state index in [0.29, 0.717) is 0 Å². The van der Waals surface area contributed by atoms with Crippen LogP contribution in [0, 0.1) is 19.3 Å². The van der Waals surface area contributed by atoms with E-state index in [-0.39, 0.29) is 16.9 Å². The van der Waals surface area contributed by atoms with Gasteiger partial charge in [0.1, 0.15) is 0 Å². The predicted molar refractivity (Wildman–Crippen MR) is 108 cm³/mol. The van der Waals surface area contributed by atoms with Crippen LogP contribution in [0.25, 0.3) is 16.9 Å². The van der Waals surface area contributed by atoms with Gasteiger partial charge in [0.15, 0.2) is 5.78 Å². The van der Waals surface area contributed by atoms with Gasteiger partial charge in [-0.1, -0.05) is 32.9 Å². The van der Waals surface area contributed by atoms with Gasteiger partial charge in [-0.2, -0.15) is 5.10 Å². The first-order valence-electron chi connectivity index (χ1n) is 8.98. The third kappa shape index (κ3) is 3.37. The second-order valence-corrected chi connectivity index (χ2v) is 7.96. The summed E-state index contributed by atoms with van der Waals surface area (Å²) in [6, 6.07) is 11.3. The fraction of sp³-hybridized carbons (Fsp3) is 0.318. The molecule has 27 heavy (non-hydrogen) atoms. The summed E-state index contributed by atoms with van der Waals surface area (Å²) >= 11 is 0. The van der Waals surface area contributed by atoms with E-state index in [1.54, 1.807) is 21.5 Å². The molecular weight excluding hydrogens is 338 g/mol. The smallest absolute Gasteiger partial charge is 0.266 e. The summed E-state index contributed by atoms with van der Waals surface area (Å²) < 4.78 is 3.38. The van der Waals surface area contributed by atoms with Gasteiger partial charge in [-0.25, -0.2) is 0 Å². The highest BCUT2D eigenvalue weighted by molar-refractivity contribution is 6.00. The lowest BCUT2D eigenvalue weighted by molar-refractivity contribution is 0.0856. The molecule has 0 spiro atoms. The van der Waals surface area contributed by atoms with Crippen LogP contribution >= 0.6 is 0 Å². The third-order valence-electron chi connectivity index (χ3n) is 4.73. The summed E-state index contributed by atoms with van der Waals surface area (Å²) in [6.45, 7) is 9.37. The van der Waals surface area contributed by atoms with Crippen LogP contribution in [0.2, 0.25) is 0 Å².